The molecule has 0 radical (unpaired) electrons. The lowest BCUT2D eigenvalue weighted by Gasteiger charge is -2.33. The van der Waals surface area contributed by atoms with E-state index in [0.717, 1.165) is 25.8 Å². The number of likely N-dealkylation sites (tertiary alicyclic amines) is 1. The molecule has 0 aliphatic carbocycles. The summed E-state index contributed by atoms with van der Waals surface area (Å²) in [6.45, 7) is 5.77. The van der Waals surface area contributed by atoms with E-state index in [1.165, 1.54) is 0 Å². The molecular weight excluding hydrogens is 204 g/mol. The molecular formula is C12H24N2O2. The second-order valence-electron chi connectivity index (χ2n) is 5.21. The summed E-state index contributed by atoms with van der Waals surface area (Å²) in [4.78, 5) is 13.8. The predicted octanol–water partition coefficient (Wildman–Crippen LogP) is 0.591. The van der Waals surface area contributed by atoms with Gasteiger partial charge in [0.25, 0.3) is 0 Å². The SMILES string of the molecule is CC(C)C[C@H](N)C(=O)N1CCCC(CO)C1. The van der Waals surface area contributed by atoms with Gasteiger partial charge in [-0.15, -0.1) is 0 Å². The first kappa shape index (κ1) is 13.5. The lowest BCUT2D eigenvalue weighted by molar-refractivity contribution is -0.135. The van der Waals surface area contributed by atoms with Gasteiger partial charge in [-0.2, -0.15) is 0 Å². The van der Waals surface area contributed by atoms with Crippen molar-refractivity contribution in [2.75, 3.05) is 19.7 Å². The average molecular weight is 228 g/mol. The van der Waals surface area contributed by atoms with Gasteiger partial charge in [0, 0.05) is 19.7 Å². The van der Waals surface area contributed by atoms with Gasteiger partial charge in [0.1, 0.15) is 0 Å². The summed E-state index contributed by atoms with van der Waals surface area (Å²) in [5.74, 6) is 0.730. The van der Waals surface area contributed by atoms with E-state index in [9.17, 15) is 4.79 Å². The maximum Gasteiger partial charge on any atom is 0.239 e. The van der Waals surface area contributed by atoms with Crippen LogP contribution in [-0.2, 0) is 4.79 Å². The van der Waals surface area contributed by atoms with Gasteiger partial charge in [-0.3, -0.25) is 4.79 Å². The predicted molar refractivity (Wildman–Crippen MR) is 63.8 cm³/mol. The quantitative estimate of drug-likeness (QED) is 0.740. The fourth-order valence-electron chi connectivity index (χ4n) is 2.26. The summed E-state index contributed by atoms with van der Waals surface area (Å²) in [5, 5.41) is 9.11. The lowest BCUT2D eigenvalue weighted by Crippen LogP contribution is -2.48. The Morgan fingerprint density at radius 3 is 2.81 bits per heavy atom. The number of aliphatic hydroxyl groups is 1. The van der Waals surface area contributed by atoms with E-state index in [-0.39, 0.29) is 24.5 Å². The number of hydrogen-bond donors (Lipinski definition) is 2. The first-order valence-electron chi connectivity index (χ1n) is 6.19. The highest BCUT2D eigenvalue weighted by Crippen LogP contribution is 2.17. The molecule has 16 heavy (non-hydrogen) atoms. The molecule has 4 heteroatoms. The first-order chi connectivity index (χ1) is 7.54. The highest BCUT2D eigenvalue weighted by atomic mass is 16.3. The summed E-state index contributed by atoms with van der Waals surface area (Å²) >= 11 is 0. The number of piperidine rings is 1. The fraction of sp³-hybridized carbons (Fsp3) is 0.917. The number of carbonyl (C=O) groups is 1. The third kappa shape index (κ3) is 3.76. The fourth-order valence-corrected chi connectivity index (χ4v) is 2.26. The Morgan fingerprint density at radius 1 is 1.56 bits per heavy atom. The van der Waals surface area contributed by atoms with Crippen LogP contribution in [0.15, 0.2) is 0 Å². The second kappa shape index (κ2) is 6.21. The molecule has 0 spiro atoms. The van der Waals surface area contributed by atoms with Crippen LogP contribution in [0.3, 0.4) is 0 Å². The van der Waals surface area contributed by atoms with E-state index in [4.69, 9.17) is 10.8 Å². The van der Waals surface area contributed by atoms with E-state index < -0.39 is 0 Å². The topological polar surface area (TPSA) is 66.6 Å². The molecule has 1 aliphatic rings. The third-order valence-electron chi connectivity index (χ3n) is 3.13. The normalized spacial score (nSPS) is 23.6. The smallest absolute Gasteiger partial charge is 0.239 e. The van der Waals surface area contributed by atoms with Crippen LogP contribution in [0.4, 0.5) is 0 Å². The number of rotatable bonds is 4. The van der Waals surface area contributed by atoms with Crippen molar-refractivity contribution in [1.82, 2.24) is 4.90 Å². The van der Waals surface area contributed by atoms with E-state index in [2.05, 4.69) is 13.8 Å². The van der Waals surface area contributed by atoms with Gasteiger partial charge in [0.15, 0.2) is 0 Å². The zero-order chi connectivity index (χ0) is 12.1. The molecule has 1 saturated heterocycles. The van der Waals surface area contributed by atoms with Gasteiger partial charge in [-0.05, 0) is 31.1 Å². The highest BCUT2D eigenvalue weighted by molar-refractivity contribution is 5.81. The Hall–Kier alpha value is -0.610. The van der Waals surface area contributed by atoms with E-state index >= 15 is 0 Å². The zero-order valence-corrected chi connectivity index (χ0v) is 10.4. The van der Waals surface area contributed by atoms with Gasteiger partial charge in [-0.1, -0.05) is 13.8 Å². The van der Waals surface area contributed by atoms with Crippen LogP contribution >= 0.6 is 0 Å². The molecule has 0 saturated carbocycles. The van der Waals surface area contributed by atoms with Crippen LogP contribution in [0.5, 0.6) is 0 Å². The Balaban J connectivity index is 2.46. The van der Waals surface area contributed by atoms with Crippen molar-refractivity contribution in [3.05, 3.63) is 0 Å². The lowest BCUT2D eigenvalue weighted by atomic mass is 9.97. The molecule has 1 heterocycles. The maximum absolute atomic E-state index is 12.0. The Labute approximate surface area is 97.8 Å². The summed E-state index contributed by atoms with van der Waals surface area (Å²) in [6, 6.07) is -0.377. The number of amides is 1. The molecule has 3 N–H and O–H groups in total. The van der Waals surface area contributed by atoms with Gasteiger partial charge in [-0.25, -0.2) is 0 Å². The minimum atomic E-state index is -0.377. The van der Waals surface area contributed by atoms with Crippen LogP contribution < -0.4 is 5.73 Å². The van der Waals surface area contributed by atoms with Crippen molar-refractivity contribution < 1.29 is 9.90 Å². The maximum atomic E-state index is 12.0. The molecule has 0 aromatic heterocycles. The molecule has 4 nitrogen and oxygen atoms in total. The molecule has 94 valence electrons. The third-order valence-corrected chi connectivity index (χ3v) is 3.13. The standard InChI is InChI=1S/C12H24N2O2/c1-9(2)6-11(13)12(16)14-5-3-4-10(7-14)8-15/h9-11,15H,3-8,13H2,1-2H3/t10?,11-/m0/s1. The molecule has 1 amide bonds. The Kier molecular flexibility index (Phi) is 5.22. The number of hydrogen-bond acceptors (Lipinski definition) is 3. The van der Waals surface area contributed by atoms with Crippen LogP contribution in [0.25, 0.3) is 0 Å². The summed E-state index contributed by atoms with van der Waals surface area (Å²) in [5.41, 5.74) is 5.88. The zero-order valence-electron chi connectivity index (χ0n) is 10.4. The van der Waals surface area contributed by atoms with Crippen LogP contribution in [0.1, 0.15) is 33.1 Å². The van der Waals surface area contributed by atoms with Gasteiger partial charge in [0.05, 0.1) is 6.04 Å². The summed E-state index contributed by atoms with van der Waals surface area (Å²) in [6.07, 6.45) is 2.73. The van der Waals surface area contributed by atoms with Crippen molar-refractivity contribution in [1.29, 1.82) is 0 Å². The van der Waals surface area contributed by atoms with E-state index in [1.54, 1.807) is 0 Å². The molecule has 0 aromatic carbocycles. The van der Waals surface area contributed by atoms with Crippen molar-refractivity contribution in [3.63, 3.8) is 0 Å². The minimum absolute atomic E-state index is 0.0480. The molecule has 2 atom stereocenters. The number of nitrogens with zero attached hydrogens (tertiary/aromatic N) is 1. The van der Waals surface area contributed by atoms with Crippen molar-refractivity contribution in [3.8, 4) is 0 Å². The van der Waals surface area contributed by atoms with Crippen LogP contribution in [0.2, 0.25) is 0 Å². The molecule has 1 rings (SSSR count). The van der Waals surface area contributed by atoms with Crippen molar-refractivity contribution >= 4 is 5.91 Å². The first-order valence-corrected chi connectivity index (χ1v) is 6.19. The number of aliphatic hydroxyl groups excluding tert-OH is 1. The molecule has 0 bridgehead atoms. The molecule has 0 aromatic rings. The Bertz CT molecular complexity index is 231. The molecule has 1 unspecified atom stereocenters. The van der Waals surface area contributed by atoms with E-state index in [1.807, 2.05) is 4.90 Å². The monoisotopic (exact) mass is 228 g/mol. The van der Waals surface area contributed by atoms with Gasteiger partial charge < -0.3 is 15.7 Å². The number of carbonyl (C=O) groups excluding carboxylic acids is 1. The van der Waals surface area contributed by atoms with Crippen LogP contribution in [0, 0.1) is 11.8 Å². The number of nitrogens with two attached hydrogens (primary N) is 1. The summed E-state index contributed by atoms with van der Waals surface area (Å²) in [7, 11) is 0. The molecule has 1 fully saturated rings. The van der Waals surface area contributed by atoms with Crippen molar-refractivity contribution in [2.24, 2.45) is 17.6 Å². The van der Waals surface area contributed by atoms with Gasteiger partial charge in [0.2, 0.25) is 5.91 Å². The summed E-state index contributed by atoms with van der Waals surface area (Å²) < 4.78 is 0. The Morgan fingerprint density at radius 2 is 2.25 bits per heavy atom. The van der Waals surface area contributed by atoms with Gasteiger partial charge >= 0.3 is 0 Å². The second-order valence-corrected chi connectivity index (χ2v) is 5.21. The highest BCUT2D eigenvalue weighted by Gasteiger charge is 2.26. The van der Waals surface area contributed by atoms with Crippen molar-refractivity contribution in [2.45, 2.75) is 39.2 Å². The molecule has 1 aliphatic heterocycles. The van der Waals surface area contributed by atoms with Crippen LogP contribution in [-0.4, -0.2) is 41.7 Å². The minimum Gasteiger partial charge on any atom is -0.396 e. The largest absolute Gasteiger partial charge is 0.396 e. The van der Waals surface area contributed by atoms with E-state index in [0.29, 0.717) is 12.5 Å². The average Bonchev–Trinajstić information content (AvgIpc) is 2.27.